The topological polar surface area (TPSA) is 78.9 Å². The van der Waals surface area contributed by atoms with Crippen LogP contribution in [0.3, 0.4) is 0 Å². The Balaban J connectivity index is 1.39. The number of aromatic nitrogens is 2. The third-order valence-corrected chi connectivity index (χ3v) is 7.43. The van der Waals surface area contributed by atoms with E-state index in [9.17, 15) is 4.79 Å². The van der Waals surface area contributed by atoms with Gasteiger partial charge in [-0.3, -0.25) is 4.79 Å². The van der Waals surface area contributed by atoms with Crippen LogP contribution < -0.4 is 15.0 Å². The third kappa shape index (κ3) is 4.91. The number of ether oxygens (including phenoxy) is 2. The van der Waals surface area contributed by atoms with Crippen LogP contribution in [0.4, 0.5) is 0 Å². The molecule has 0 unspecified atom stereocenters. The lowest BCUT2D eigenvalue weighted by atomic mass is 10.0. The maximum absolute atomic E-state index is 13.9. The fraction of sp³-hybridized carbons (Fsp3) is 0.0833. The number of rotatable bonds is 7. The summed E-state index contributed by atoms with van der Waals surface area (Å²) in [5.41, 5.74) is 3.84. The van der Waals surface area contributed by atoms with Crippen molar-refractivity contribution in [3.8, 4) is 23.1 Å². The van der Waals surface area contributed by atoms with Crippen LogP contribution in [0.15, 0.2) is 124 Å². The van der Waals surface area contributed by atoms with Crippen molar-refractivity contribution in [2.24, 2.45) is 5.10 Å². The van der Waals surface area contributed by atoms with Crippen LogP contribution in [0, 0.1) is 6.92 Å². The number of hydrogen-bond acceptors (Lipinski definition) is 6. The SMILES string of the molecule is COc1cccc2oc(-c3nc4ccccc4c(=O)n3N=Cc3c(OCc4cccc(C)c4)ccc4ccccc34)cc12. The fourth-order valence-electron chi connectivity index (χ4n) is 5.33. The van der Waals surface area contributed by atoms with E-state index in [1.165, 1.54) is 10.2 Å². The summed E-state index contributed by atoms with van der Waals surface area (Å²) in [6.45, 7) is 2.45. The van der Waals surface area contributed by atoms with Crippen molar-refractivity contribution < 1.29 is 13.9 Å². The normalized spacial score (nSPS) is 11.6. The quantitative estimate of drug-likeness (QED) is 0.185. The molecule has 7 nitrogen and oxygen atoms in total. The first kappa shape index (κ1) is 26.2. The first-order chi connectivity index (χ1) is 21.1. The Morgan fingerprint density at radius 1 is 0.837 bits per heavy atom. The van der Waals surface area contributed by atoms with Crippen molar-refractivity contribution >= 4 is 38.9 Å². The molecular formula is C36H27N3O4. The highest BCUT2D eigenvalue weighted by atomic mass is 16.5. The molecule has 7 rings (SSSR count). The smallest absolute Gasteiger partial charge is 0.282 e. The highest BCUT2D eigenvalue weighted by Crippen LogP contribution is 2.33. The number of aryl methyl sites for hydroxylation is 1. The molecular weight excluding hydrogens is 538 g/mol. The van der Waals surface area contributed by atoms with Gasteiger partial charge in [-0.05, 0) is 59.7 Å². The minimum atomic E-state index is -0.313. The summed E-state index contributed by atoms with van der Waals surface area (Å²) < 4.78 is 19.3. The molecule has 2 aromatic heterocycles. The predicted octanol–water partition coefficient (Wildman–Crippen LogP) is 7.74. The number of methoxy groups -OCH3 is 1. The summed E-state index contributed by atoms with van der Waals surface area (Å²) in [6, 6.07) is 34.8. The largest absolute Gasteiger partial charge is 0.496 e. The second-order valence-corrected chi connectivity index (χ2v) is 10.3. The van der Waals surface area contributed by atoms with Crippen molar-refractivity contribution in [1.29, 1.82) is 0 Å². The minimum absolute atomic E-state index is 0.278. The predicted molar refractivity (Wildman–Crippen MR) is 170 cm³/mol. The molecule has 0 spiro atoms. The summed E-state index contributed by atoms with van der Waals surface area (Å²) in [7, 11) is 1.61. The lowest BCUT2D eigenvalue weighted by molar-refractivity contribution is 0.306. The molecule has 0 atom stereocenters. The van der Waals surface area contributed by atoms with E-state index in [1.54, 1.807) is 25.5 Å². The van der Waals surface area contributed by atoms with Gasteiger partial charge in [0.05, 0.1) is 29.6 Å². The molecule has 0 aliphatic heterocycles. The molecule has 7 aromatic rings. The van der Waals surface area contributed by atoms with Crippen molar-refractivity contribution in [3.05, 3.63) is 136 Å². The van der Waals surface area contributed by atoms with Crippen molar-refractivity contribution in [1.82, 2.24) is 9.66 Å². The third-order valence-electron chi connectivity index (χ3n) is 7.43. The van der Waals surface area contributed by atoms with Gasteiger partial charge in [0.25, 0.3) is 5.56 Å². The monoisotopic (exact) mass is 565 g/mol. The molecule has 0 fully saturated rings. The number of nitrogens with zero attached hydrogens (tertiary/aromatic N) is 3. The second-order valence-electron chi connectivity index (χ2n) is 10.3. The van der Waals surface area contributed by atoms with Gasteiger partial charge in [0.2, 0.25) is 5.82 Å². The molecule has 0 amide bonds. The van der Waals surface area contributed by atoms with E-state index >= 15 is 0 Å². The van der Waals surface area contributed by atoms with Gasteiger partial charge in [0.1, 0.15) is 23.7 Å². The van der Waals surface area contributed by atoms with Crippen molar-refractivity contribution in [2.45, 2.75) is 13.5 Å². The second kappa shape index (κ2) is 10.9. The molecule has 5 aromatic carbocycles. The van der Waals surface area contributed by atoms with E-state index in [4.69, 9.17) is 24.0 Å². The molecule has 0 saturated carbocycles. The van der Waals surface area contributed by atoms with Crippen LogP contribution in [0.2, 0.25) is 0 Å². The molecule has 0 saturated heterocycles. The minimum Gasteiger partial charge on any atom is -0.496 e. The molecule has 0 N–H and O–H groups in total. The fourth-order valence-corrected chi connectivity index (χ4v) is 5.33. The average molecular weight is 566 g/mol. The maximum Gasteiger partial charge on any atom is 0.282 e. The maximum atomic E-state index is 13.9. The highest BCUT2D eigenvalue weighted by molar-refractivity contribution is 6.02. The average Bonchev–Trinajstić information content (AvgIpc) is 3.48. The molecule has 0 bridgehead atoms. The van der Waals surface area contributed by atoms with Gasteiger partial charge >= 0.3 is 0 Å². The Morgan fingerprint density at radius 3 is 2.51 bits per heavy atom. The Kier molecular flexibility index (Phi) is 6.68. The molecule has 210 valence electrons. The summed E-state index contributed by atoms with van der Waals surface area (Å²) >= 11 is 0. The van der Waals surface area contributed by atoms with Crippen LogP contribution >= 0.6 is 0 Å². The summed E-state index contributed by atoms with van der Waals surface area (Å²) in [5, 5.41) is 7.94. The van der Waals surface area contributed by atoms with Gasteiger partial charge in [-0.2, -0.15) is 9.78 Å². The van der Waals surface area contributed by atoms with E-state index in [0.29, 0.717) is 40.4 Å². The summed E-state index contributed by atoms with van der Waals surface area (Å²) in [6.07, 6.45) is 1.67. The molecule has 43 heavy (non-hydrogen) atoms. The Morgan fingerprint density at radius 2 is 1.65 bits per heavy atom. The Hall–Kier alpha value is -5.69. The number of hydrogen-bond donors (Lipinski definition) is 0. The lowest BCUT2D eigenvalue weighted by Gasteiger charge is -2.13. The van der Waals surface area contributed by atoms with E-state index in [-0.39, 0.29) is 11.4 Å². The number of benzene rings is 5. The number of para-hydroxylation sites is 1. The number of furan rings is 1. The van der Waals surface area contributed by atoms with E-state index in [0.717, 1.165) is 27.3 Å². The lowest BCUT2D eigenvalue weighted by Crippen LogP contribution is -2.20. The molecule has 2 heterocycles. The van der Waals surface area contributed by atoms with E-state index in [2.05, 4.69) is 19.1 Å². The van der Waals surface area contributed by atoms with Crippen molar-refractivity contribution in [3.63, 3.8) is 0 Å². The summed E-state index contributed by atoms with van der Waals surface area (Å²) in [4.78, 5) is 18.7. The highest BCUT2D eigenvalue weighted by Gasteiger charge is 2.18. The first-order valence-electron chi connectivity index (χ1n) is 13.9. The zero-order valence-electron chi connectivity index (χ0n) is 23.7. The van der Waals surface area contributed by atoms with Crippen molar-refractivity contribution in [2.75, 3.05) is 7.11 Å². The molecule has 0 aliphatic rings. The first-order valence-corrected chi connectivity index (χ1v) is 13.9. The molecule has 7 heteroatoms. The van der Waals surface area contributed by atoms with E-state index < -0.39 is 0 Å². The standard InChI is InChI=1S/C36H27N3O4/c1-23-9-7-10-24(19-23)22-42-32-18-17-25-11-3-4-12-26(25)29(32)21-37-39-35(38-30-14-6-5-13-27(30)36(39)40)34-20-28-31(41-2)15-8-16-33(28)43-34/h3-21H,22H2,1-2H3. The van der Waals surface area contributed by atoms with Gasteiger partial charge in [-0.25, -0.2) is 4.98 Å². The van der Waals surface area contributed by atoms with Crippen LogP contribution in [-0.4, -0.2) is 23.0 Å². The van der Waals surface area contributed by atoms with Gasteiger partial charge in [0.15, 0.2) is 5.76 Å². The van der Waals surface area contributed by atoms with E-state index in [1.807, 2.05) is 84.9 Å². The van der Waals surface area contributed by atoms with Crippen LogP contribution in [-0.2, 0) is 6.61 Å². The van der Waals surface area contributed by atoms with Gasteiger partial charge in [-0.1, -0.05) is 78.4 Å². The van der Waals surface area contributed by atoms with Gasteiger partial charge in [0, 0.05) is 5.56 Å². The molecule has 0 radical (unpaired) electrons. The zero-order chi connectivity index (χ0) is 29.3. The van der Waals surface area contributed by atoms with Gasteiger partial charge in [-0.15, -0.1) is 0 Å². The Bertz CT molecular complexity index is 2230. The zero-order valence-corrected chi connectivity index (χ0v) is 23.7. The van der Waals surface area contributed by atoms with Crippen LogP contribution in [0.1, 0.15) is 16.7 Å². The Labute approximate surface area is 247 Å². The molecule has 0 aliphatic carbocycles. The van der Waals surface area contributed by atoms with Crippen LogP contribution in [0.5, 0.6) is 11.5 Å². The van der Waals surface area contributed by atoms with Gasteiger partial charge < -0.3 is 13.9 Å². The van der Waals surface area contributed by atoms with Crippen LogP contribution in [0.25, 0.3) is 44.2 Å². The summed E-state index contributed by atoms with van der Waals surface area (Å²) in [5.74, 6) is 1.99. The number of fused-ring (bicyclic) bond motifs is 3.